The fourth-order valence-electron chi connectivity index (χ4n) is 1.17. The van der Waals surface area contributed by atoms with Crippen molar-refractivity contribution in [3.05, 3.63) is 34.9 Å². The molecule has 1 aromatic rings. The molecule has 2 atom stereocenters. The largest absolute Gasteiger partial charge is 0.388 e. The molecule has 0 radical (unpaired) electrons. The number of aliphatic hydroxyl groups is 1. The standard InChI is InChI=1S/C11H13ClO2/c1-7(8(2)13)11(14)9-3-5-10(12)6-4-9/h3-7,11,14H,1-2H3. The Morgan fingerprint density at radius 1 is 1.36 bits per heavy atom. The van der Waals surface area contributed by atoms with Crippen LogP contribution in [0.15, 0.2) is 24.3 Å². The summed E-state index contributed by atoms with van der Waals surface area (Å²) in [6.07, 6.45) is -0.746. The predicted molar refractivity (Wildman–Crippen MR) is 56.3 cm³/mol. The molecule has 0 aliphatic heterocycles. The molecule has 0 spiro atoms. The number of Topliss-reactive ketones (excluding diaryl/α,β-unsaturated/α-hetero) is 1. The molecule has 1 rings (SSSR count). The highest BCUT2D eigenvalue weighted by atomic mass is 35.5. The summed E-state index contributed by atoms with van der Waals surface area (Å²) in [7, 11) is 0. The Morgan fingerprint density at radius 3 is 2.29 bits per heavy atom. The third-order valence-electron chi connectivity index (χ3n) is 2.33. The van der Waals surface area contributed by atoms with E-state index in [1.807, 2.05) is 0 Å². The van der Waals surface area contributed by atoms with E-state index in [2.05, 4.69) is 0 Å². The lowest BCUT2D eigenvalue weighted by Crippen LogP contribution is -2.16. The fraction of sp³-hybridized carbons (Fsp3) is 0.364. The van der Waals surface area contributed by atoms with Gasteiger partial charge in [-0.25, -0.2) is 0 Å². The average Bonchev–Trinajstić information content (AvgIpc) is 2.16. The first-order valence-corrected chi connectivity index (χ1v) is 4.84. The summed E-state index contributed by atoms with van der Waals surface area (Å²) in [5.41, 5.74) is 0.720. The molecule has 0 fully saturated rings. The summed E-state index contributed by atoms with van der Waals surface area (Å²) in [6.45, 7) is 3.19. The minimum absolute atomic E-state index is 0.0209. The Labute approximate surface area is 88.5 Å². The van der Waals surface area contributed by atoms with Gasteiger partial charge in [0, 0.05) is 10.9 Å². The number of benzene rings is 1. The van der Waals surface area contributed by atoms with Crippen LogP contribution in [-0.2, 0) is 4.79 Å². The van der Waals surface area contributed by atoms with Gasteiger partial charge in [-0.05, 0) is 24.6 Å². The van der Waals surface area contributed by atoms with Crippen molar-refractivity contribution >= 4 is 17.4 Å². The first kappa shape index (κ1) is 11.2. The Hall–Kier alpha value is -0.860. The maximum Gasteiger partial charge on any atom is 0.135 e. The molecule has 0 aliphatic rings. The van der Waals surface area contributed by atoms with E-state index in [0.29, 0.717) is 5.02 Å². The Morgan fingerprint density at radius 2 is 1.86 bits per heavy atom. The molecular formula is C11H13ClO2. The zero-order chi connectivity index (χ0) is 10.7. The van der Waals surface area contributed by atoms with Gasteiger partial charge in [-0.15, -0.1) is 0 Å². The van der Waals surface area contributed by atoms with Crippen LogP contribution in [0, 0.1) is 5.92 Å². The van der Waals surface area contributed by atoms with E-state index < -0.39 is 6.10 Å². The summed E-state index contributed by atoms with van der Waals surface area (Å²) in [4.78, 5) is 11.0. The molecule has 0 saturated heterocycles. The second kappa shape index (κ2) is 4.58. The molecule has 76 valence electrons. The van der Waals surface area contributed by atoms with E-state index >= 15 is 0 Å². The quantitative estimate of drug-likeness (QED) is 0.836. The third-order valence-corrected chi connectivity index (χ3v) is 2.58. The maximum absolute atomic E-state index is 11.0. The number of hydrogen-bond donors (Lipinski definition) is 1. The van der Waals surface area contributed by atoms with Crippen LogP contribution in [0.3, 0.4) is 0 Å². The molecule has 0 bridgehead atoms. The first-order valence-electron chi connectivity index (χ1n) is 4.46. The monoisotopic (exact) mass is 212 g/mol. The molecule has 3 heteroatoms. The van der Waals surface area contributed by atoms with E-state index in [0.717, 1.165) is 5.56 Å². The van der Waals surface area contributed by atoms with Gasteiger partial charge in [-0.1, -0.05) is 30.7 Å². The van der Waals surface area contributed by atoms with E-state index in [4.69, 9.17) is 11.6 Å². The second-order valence-corrected chi connectivity index (χ2v) is 3.83. The highest BCUT2D eigenvalue weighted by Gasteiger charge is 2.19. The van der Waals surface area contributed by atoms with Crippen molar-refractivity contribution in [1.82, 2.24) is 0 Å². The summed E-state index contributed by atoms with van der Waals surface area (Å²) in [5, 5.41) is 10.4. The van der Waals surface area contributed by atoms with Crippen molar-refractivity contribution in [2.24, 2.45) is 5.92 Å². The van der Waals surface area contributed by atoms with E-state index in [1.165, 1.54) is 6.92 Å². The number of ketones is 1. The molecule has 2 nitrogen and oxygen atoms in total. The van der Waals surface area contributed by atoms with Crippen LogP contribution in [0.25, 0.3) is 0 Å². The predicted octanol–water partition coefficient (Wildman–Crippen LogP) is 2.60. The van der Waals surface area contributed by atoms with Gasteiger partial charge in [0.1, 0.15) is 5.78 Å². The summed E-state index contributed by atoms with van der Waals surface area (Å²) < 4.78 is 0. The number of carbonyl (C=O) groups excluding carboxylic acids is 1. The van der Waals surface area contributed by atoms with Gasteiger partial charge >= 0.3 is 0 Å². The van der Waals surface area contributed by atoms with Crippen molar-refractivity contribution in [2.45, 2.75) is 20.0 Å². The molecule has 1 aromatic carbocycles. The second-order valence-electron chi connectivity index (χ2n) is 3.40. The summed E-state index contributed by atoms with van der Waals surface area (Å²) >= 11 is 5.71. The lowest BCUT2D eigenvalue weighted by atomic mass is 9.94. The van der Waals surface area contributed by atoms with Crippen LogP contribution >= 0.6 is 11.6 Å². The molecule has 1 N–H and O–H groups in total. The highest BCUT2D eigenvalue weighted by Crippen LogP contribution is 2.23. The molecule has 0 saturated carbocycles. The van der Waals surface area contributed by atoms with Crippen molar-refractivity contribution in [3.8, 4) is 0 Å². The highest BCUT2D eigenvalue weighted by molar-refractivity contribution is 6.30. The van der Waals surface area contributed by atoms with Gasteiger partial charge in [-0.3, -0.25) is 4.79 Å². The molecule has 0 heterocycles. The van der Waals surface area contributed by atoms with E-state index in [-0.39, 0.29) is 11.7 Å². The number of carbonyl (C=O) groups is 1. The number of aliphatic hydroxyl groups excluding tert-OH is 1. The smallest absolute Gasteiger partial charge is 0.135 e. The van der Waals surface area contributed by atoms with E-state index in [1.54, 1.807) is 31.2 Å². The Balaban J connectivity index is 2.84. The van der Waals surface area contributed by atoms with Gasteiger partial charge in [0.25, 0.3) is 0 Å². The Bertz CT molecular complexity index is 319. The molecular weight excluding hydrogens is 200 g/mol. The van der Waals surface area contributed by atoms with Gasteiger partial charge < -0.3 is 5.11 Å². The third kappa shape index (κ3) is 2.56. The molecule has 2 unspecified atom stereocenters. The molecule has 0 aliphatic carbocycles. The average molecular weight is 213 g/mol. The minimum Gasteiger partial charge on any atom is -0.388 e. The first-order chi connectivity index (χ1) is 6.52. The van der Waals surface area contributed by atoms with Crippen molar-refractivity contribution in [2.75, 3.05) is 0 Å². The van der Waals surface area contributed by atoms with Crippen molar-refractivity contribution in [1.29, 1.82) is 0 Å². The van der Waals surface area contributed by atoms with Gasteiger partial charge in [0.15, 0.2) is 0 Å². The lowest BCUT2D eigenvalue weighted by Gasteiger charge is -2.16. The van der Waals surface area contributed by atoms with Crippen LogP contribution in [-0.4, -0.2) is 10.9 Å². The van der Waals surface area contributed by atoms with Gasteiger partial charge in [0.2, 0.25) is 0 Å². The number of hydrogen-bond acceptors (Lipinski definition) is 2. The van der Waals surface area contributed by atoms with Crippen molar-refractivity contribution in [3.63, 3.8) is 0 Å². The number of rotatable bonds is 3. The maximum atomic E-state index is 11.0. The topological polar surface area (TPSA) is 37.3 Å². The molecule has 0 amide bonds. The Kier molecular flexibility index (Phi) is 3.67. The molecule has 14 heavy (non-hydrogen) atoms. The SMILES string of the molecule is CC(=O)C(C)C(O)c1ccc(Cl)cc1. The lowest BCUT2D eigenvalue weighted by molar-refractivity contribution is -0.123. The summed E-state index contributed by atoms with van der Waals surface area (Å²) in [6, 6.07) is 6.86. The van der Waals surface area contributed by atoms with E-state index in [9.17, 15) is 9.90 Å². The van der Waals surface area contributed by atoms with Crippen LogP contribution in [0.1, 0.15) is 25.5 Å². The normalized spacial score (nSPS) is 14.9. The summed E-state index contributed by atoms with van der Waals surface area (Å²) in [5.74, 6) is -0.399. The van der Waals surface area contributed by atoms with Crippen LogP contribution < -0.4 is 0 Å². The number of halogens is 1. The van der Waals surface area contributed by atoms with Crippen LogP contribution in [0.5, 0.6) is 0 Å². The van der Waals surface area contributed by atoms with Crippen molar-refractivity contribution < 1.29 is 9.90 Å². The molecule has 0 aromatic heterocycles. The van der Waals surface area contributed by atoms with Gasteiger partial charge in [0.05, 0.1) is 6.10 Å². The van der Waals surface area contributed by atoms with Gasteiger partial charge in [-0.2, -0.15) is 0 Å². The van der Waals surface area contributed by atoms with Crippen LogP contribution in [0.2, 0.25) is 5.02 Å². The van der Waals surface area contributed by atoms with Crippen LogP contribution in [0.4, 0.5) is 0 Å². The zero-order valence-electron chi connectivity index (χ0n) is 8.20. The zero-order valence-corrected chi connectivity index (χ0v) is 8.95. The fourth-order valence-corrected chi connectivity index (χ4v) is 1.30. The minimum atomic E-state index is -0.746.